The molecule has 1 rings (SSSR count). The Balaban J connectivity index is 2.76. The molecule has 0 fully saturated rings. The number of nitrogens with two attached hydrogens (primary N) is 1. The molecule has 1 aromatic heterocycles. The molecular formula is C9H16N4. The van der Waals surface area contributed by atoms with Gasteiger partial charge in [-0.05, 0) is 19.4 Å². The van der Waals surface area contributed by atoms with Crippen molar-refractivity contribution in [1.82, 2.24) is 9.97 Å². The van der Waals surface area contributed by atoms with E-state index in [0.717, 1.165) is 24.4 Å². The van der Waals surface area contributed by atoms with Crippen molar-refractivity contribution in [3.8, 4) is 0 Å². The number of aromatic nitrogens is 2. The highest BCUT2D eigenvalue weighted by molar-refractivity contribution is 5.27. The van der Waals surface area contributed by atoms with Crippen LogP contribution < -0.4 is 11.1 Å². The molecule has 4 nitrogen and oxygen atoms in total. The van der Waals surface area contributed by atoms with Gasteiger partial charge in [0.15, 0.2) is 0 Å². The fraction of sp³-hybridized carbons (Fsp3) is 0.556. The summed E-state index contributed by atoms with van der Waals surface area (Å²) in [6.07, 6.45) is 1.06. The highest BCUT2D eigenvalue weighted by atomic mass is 15.1. The van der Waals surface area contributed by atoms with Crippen LogP contribution in [0.3, 0.4) is 0 Å². The van der Waals surface area contributed by atoms with Gasteiger partial charge in [-0.3, -0.25) is 0 Å². The molecule has 0 atom stereocenters. The summed E-state index contributed by atoms with van der Waals surface area (Å²) in [5, 5.41) is 3.13. The molecule has 0 aliphatic carbocycles. The second-order valence-electron chi connectivity index (χ2n) is 2.96. The monoisotopic (exact) mass is 180 g/mol. The molecule has 0 unspecified atom stereocenters. The summed E-state index contributed by atoms with van der Waals surface area (Å²) in [5.74, 6) is 0.683. The van der Waals surface area contributed by atoms with Gasteiger partial charge in [0.25, 0.3) is 0 Å². The first-order valence-electron chi connectivity index (χ1n) is 4.54. The van der Waals surface area contributed by atoms with Crippen LogP contribution in [0.1, 0.15) is 24.7 Å². The number of nitrogens with one attached hydrogen (secondary N) is 1. The Hall–Kier alpha value is -1.16. The largest absolute Gasteiger partial charge is 0.354 e. The van der Waals surface area contributed by atoms with Crippen LogP contribution >= 0.6 is 0 Å². The van der Waals surface area contributed by atoms with Gasteiger partial charge in [-0.25, -0.2) is 9.97 Å². The molecule has 0 radical (unpaired) electrons. The van der Waals surface area contributed by atoms with E-state index in [2.05, 4.69) is 22.2 Å². The Morgan fingerprint density at radius 2 is 2.23 bits per heavy atom. The number of nitrogens with zero attached hydrogens (tertiary/aromatic N) is 2. The third kappa shape index (κ3) is 2.99. The van der Waals surface area contributed by atoms with Gasteiger partial charge in [-0.15, -0.1) is 0 Å². The Bertz CT molecular complexity index is 272. The van der Waals surface area contributed by atoms with Crippen molar-refractivity contribution < 1.29 is 0 Å². The second kappa shape index (κ2) is 4.77. The van der Waals surface area contributed by atoms with Crippen LogP contribution in [0.4, 0.5) is 5.95 Å². The normalized spacial score (nSPS) is 10.1. The summed E-state index contributed by atoms with van der Waals surface area (Å²) in [7, 11) is 0. The Morgan fingerprint density at radius 3 is 2.85 bits per heavy atom. The fourth-order valence-electron chi connectivity index (χ4n) is 1.05. The van der Waals surface area contributed by atoms with Gasteiger partial charge in [0.05, 0.1) is 5.69 Å². The van der Waals surface area contributed by atoms with Gasteiger partial charge >= 0.3 is 0 Å². The predicted octanol–water partition coefficient (Wildman–Crippen LogP) is 1.07. The standard InChI is InChI=1S/C9H16N4/c1-3-4-11-9-12-7(2)5-8(6-10)13-9/h5H,3-4,6,10H2,1-2H3,(H,11,12,13). The Morgan fingerprint density at radius 1 is 1.46 bits per heavy atom. The van der Waals surface area contributed by atoms with Crippen molar-refractivity contribution in [2.24, 2.45) is 5.73 Å². The minimum Gasteiger partial charge on any atom is -0.354 e. The summed E-state index contributed by atoms with van der Waals surface area (Å²) in [6, 6.07) is 1.90. The highest BCUT2D eigenvalue weighted by Gasteiger charge is 1.98. The average molecular weight is 180 g/mol. The number of anilines is 1. The first kappa shape index (κ1) is 9.92. The summed E-state index contributed by atoms with van der Waals surface area (Å²) in [4.78, 5) is 8.48. The molecular weight excluding hydrogens is 164 g/mol. The second-order valence-corrected chi connectivity index (χ2v) is 2.96. The maximum atomic E-state index is 5.50. The lowest BCUT2D eigenvalue weighted by atomic mass is 10.3. The molecule has 13 heavy (non-hydrogen) atoms. The van der Waals surface area contributed by atoms with E-state index in [-0.39, 0.29) is 0 Å². The van der Waals surface area contributed by atoms with Gasteiger partial charge in [-0.2, -0.15) is 0 Å². The molecule has 72 valence electrons. The van der Waals surface area contributed by atoms with Gasteiger partial charge in [-0.1, -0.05) is 6.92 Å². The van der Waals surface area contributed by atoms with E-state index in [1.807, 2.05) is 13.0 Å². The Kier molecular flexibility index (Phi) is 3.64. The van der Waals surface area contributed by atoms with E-state index in [1.165, 1.54) is 0 Å². The van der Waals surface area contributed by atoms with E-state index in [0.29, 0.717) is 12.5 Å². The van der Waals surface area contributed by atoms with Crippen molar-refractivity contribution in [1.29, 1.82) is 0 Å². The molecule has 0 aliphatic heterocycles. The Labute approximate surface area is 78.6 Å². The van der Waals surface area contributed by atoms with E-state index >= 15 is 0 Å². The first-order chi connectivity index (χ1) is 6.26. The summed E-state index contributed by atoms with van der Waals surface area (Å²) < 4.78 is 0. The number of aryl methyl sites for hydroxylation is 1. The number of hydrogen-bond acceptors (Lipinski definition) is 4. The maximum Gasteiger partial charge on any atom is 0.223 e. The van der Waals surface area contributed by atoms with Crippen molar-refractivity contribution in [3.05, 3.63) is 17.5 Å². The van der Waals surface area contributed by atoms with Crippen molar-refractivity contribution in [3.63, 3.8) is 0 Å². The molecule has 0 spiro atoms. The lowest BCUT2D eigenvalue weighted by molar-refractivity contribution is 0.910. The number of rotatable bonds is 4. The SMILES string of the molecule is CCCNc1nc(C)cc(CN)n1. The third-order valence-electron chi connectivity index (χ3n) is 1.65. The minimum atomic E-state index is 0.462. The van der Waals surface area contributed by atoms with Crippen LogP contribution in [0.2, 0.25) is 0 Å². The minimum absolute atomic E-state index is 0.462. The van der Waals surface area contributed by atoms with Crippen molar-refractivity contribution in [2.75, 3.05) is 11.9 Å². The fourth-order valence-corrected chi connectivity index (χ4v) is 1.05. The summed E-state index contributed by atoms with van der Waals surface area (Å²) in [6.45, 7) is 5.40. The third-order valence-corrected chi connectivity index (χ3v) is 1.65. The van der Waals surface area contributed by atoms with Crippen LogP contribution in [0.5, 0.6) is 0 Å². The van der Waals surface area contributed by atoms with E-state index in [4.69, 9.17) is 5.73 Å². The lowest BCUT2D eigenvalue weighted by Crippen LogP contribution is -2.08. The molecule has 4 heteroatoms. The molecule has 3 N–H and O–H groups in total. The highest BCUT2D eigenvalue weighted by Crippen LogP contribution is 2.03. The first-order valence-corrected chi connectivity index (χ1v) is 4.54. The quantitative estimate of drug-likeness (QED) is 0.727. The molecule has 0 aromatic carbocycles. The van der Waals surface area contributed by atoms with Crippen molar-refractivity contribution in [2.45, 2.75) is 26.8 Å². The maximum absolute atomic E-state index is 5.50. The van der Waals surface area contributed by atoms with E-state index < -0.39 is 0 Å². The topological polar surface area (TPSA) is 63.8 Å². The van der Waals surface area contributed by atoms with Crippen LogP contribution in [0, 0.1) is 6.92 Å². The van der Waals surface area contributed by atoms with Crippen LogP contribution in [0.15, 0.2) is 6.07 Å². The van der Waals surface area contributed by atoms with Gasteiger partial charge in [0.1, 0.15) is 0 Å². The van der Waals surface area contributed by atoms with Gasteiger partial charge < -0.3 is 11.1 Å². The van der Waals surface area contributed by atoms with E-state index in [9.17, 15) is 0 Å². The molecule has 1 heterocycles. The number of hydrogen-bond donors (Lipinski definition) is 2. The van der Waals surface area contributed by atoms with Gasteiger partial charge in [0, 0.05) is 18.8 Å². The average Bonchev–Trinajstić information content (AvgIpc) is 2.14. The summed E-state index contributed by atoms with van der Waals surface area (Å²) in [5.41, 5.74) is 7.33. The van der Waals surface area contributed by atoms with Gasteiger partial charge in [0.2, 0.25) is 5.95 Å². The smallest absolute Gasteiger partial charge is 0.223 e. The van der Waals surface area contributed by atoms with Crippen LogP contribution in [0.25, 0.3) is 0 Å². The molecule has 0 aliphatic rings. The zero-order chi connectivity index (χ0) is 9.68. The zero-order valence-corrected chi connectivity index (χ0v) is 8.17. The zero-order valence-electron chi connectivity index (χ0n) is 8.17. The molecule has 1 aromatic rings. The van der Waals surface area contributed by atoms with Crippen LogP contribution in [-0.4, -0.2) is 16.5 Å². The molecule has 0 amide bonds. The van der Waals surface area contributed by atoms with Crippen LogP contribution in [-0.2, 0) is 6.54 Å². The summed E-state index contributed by atoms with van der Waals surface area (Å²) >= 11 is 0. The van der Waals surface area contributed by atoms with Crippen molar-refractivity contribution >= 4 is 5.95 Å². The molecule has 0 bridgehead atoms. The van der Waals surface area contributed by atoms with E-state index in [1.54, 1.807) is 0 Å². The predicted molar refractivity (Wildman–Crippen MR) is 53.4 cm³/mol. The molecule has 0 saturated carbocycles. The molecule has 0 saturated heterocycles. The lowest BCUT2D eigenvalue weighted by Gasteiger charge is -2.05.